The van der Waals surface area contributed by atoms with E-state index in [0.29, 0.717) is 58.0 Å². The minimum Gasteiger partial charge on any atom is -0.379 e. The molecule has 33 heavy (non-hydrogen) atoms. The zero-order chi connectivity index (χ0) is 23.8. The maximum Gasteiger partial charge on any atom is 0.288 e. The van der Waals surface area contributed by atoms with E-state index < -0.39 is 5.76 Å². The summed E-state index contributed by atoms with van der Waals surface area (Å²) in [5.41, 5.74) is 0.932. The van der Waals surface area contributed by atoms with Crippen LogP contribution in [0.4, 0.5) is 14.5 Å². The van der Waals surface area contributed by atoms with Crippen molar-refractivity contribution in [1.29, 1.82) is 0 Å². The lowest BCUT2D eigenvalue weighted by atomic mass is 10.2. The Morgan fingerprint density at radius 3 is 2.58 bits per heavy atom. The molecule has 1 amide bonds. The number of alkyl halides is 2. The van der Waals surface area contributed by atoms with E-state index in [2.05, 4.69) is 10.3 Å². The monoisotopic (exact) mass is 493 g/mol. The highest BCUT2D eigenvalue weighted by molar-refractivity contribution is 8.00. The fourth-order valence-corrected chi connectivity index (χ4v) is 4.37. The lowest BCUT2D eigenvalue weighted by molar-refractivity contribution is -0.113. The van der Waals surface area contributed by atoms with Gasteiger partial charge in [-0.1, -0.05) is 35.7 Å². The molecule has 0 aliphatic rings. The number of carbonyl (C=O) groups excluding carboxylic acids is 1. The maximum absolute atomic E-state index is 13.0. The summed E-state index contributed by atoms with van der Waals surface area (Å²) in [5.74, 6) is -2.74. The highest BCUT2D eigenvalue weighted by Crippen LogP contribution is 2.26. The first kappa shape index (κ1) is 25.2. The van der Waals surface area contributed by atoms with Gasteiger partial charge in [-0.15, -0.1) is 0 Å². The van der Waals surface area contributed by atoms with Gasteiger partial charge in [-0.05, 0) is 56.7 Å². The summed E-state index contributed by atoms with van der Waals surface area (Å²) in [6.45, 7) is 4.85. The average Bonchev–Trinajstić information content (AvgIpc) is 2.77. The topological polar surface area (TPSA) is 73.2 Å². The summed E-state index contributed by atoms with van der Waals surface area (Å²) in [6, 6.07) is 13.3. The number of rotatable bonds is 11. The van der Waals surface area contributed by atoms with Gasteiger partial charge in [0.2, 0.25) is 5.91 Å². The number of ether oxygens (including phenoxy) is 1. The summed E-state index contributed by atoms with van der Waals surface area (Å²) in [7, 11) is 0. The predicted octanol–water partition coefficient (Wildman–Crippen LogP) is 5.26. The molecule has 0 bridgehead atoms. The van der Waals surface area contributed by atoms with E-state index in [1.54, 1.807) is 34.9 Å². The van der Waals surface area contributed by atoms with Crippen LogP contribution in [-0.2, 0) is 16.1 Å². The number of para-hydroxylation sites is 1. The number of thioether (sulfide) groups is 2. The molecular formula is C23H25F2N3O3S2. The zero-order valence-corrected chi connectivity index (χ0v) is 19.9. The average molecular weight is 494 g/mol. The Labute approximate surface area is 199 Å². The third-order valence-electron chi connectivity index (χ3n) is 4.50. The molecule has 0 atom stereocenters. The highest BCUT2D eigenvalue weighted by atomic mass is 32.2. The molecule has 3 rings (SSSR count). The van der Waals surface area contributed by atoms with Gasteiger partial charge in [0.05, 0.1) is 22.8 Å². The molecule has 6 nitrogen and oxygen atoms in total. The van der Waals surface area contributed by atoms with E-state index in [-0.39, 0.29) is 23.3 Å². The number of fused-ring (bicyclic) bond motifs is 1. The number of nitrogens with zero attached hydrogens (tertiary/aromatic N) is 2. The molecule has 0 aliphatic carbocycles. The number of halogens is 2. The molecule has 176 valence electrons. The van der Waals surface area contributed by atoms with Crippen LogP contribution in [0.2, 0.25) is 0 Å². The van der Waals surface area contributed by atoms with Gasteiger partial charge in [-0.3, -0.25) is 14.2 Å². The Morgan fingerprint density at radius 2 is 1.88 bits per heavy atom. The quantitative estimate of drug-likeness (QED) is 0.223. The Balaban J connectivity index is 1.69. The van der Waals surface area contributed by atoms with Crippen LogP contribution >= 0.6 is 23.5 Å². The van der Waals surface area contributed by atoms with Gasteiger partial charge in [0, 0.05) is 23.7 Å². The van der Waals surface area contributed by atoms with Gasteiger partial charge < -0.3 is 10.1 Å². The van der Waals surface area contributed by atoms with Crippen LogP contribution in [0.25, 0.3) is 10.9 Å². The number of amides is 1. The summed E-state index contributed by atoms with van der Waals surface area (Å²) in [4.78, 5) is 30.5. The molecular weight excluding hydrogens is 468 g/mol. The van der Waals surface area contributed by atoms with Gasteiger partial charge in [0.1, 0.15) is 0 Å². The smallest absolute Gasteiger partial charge is 0.288 e. The largest absolute Gasteiger partial charge is 0.379 e. The first-order valence-electron chi connectivity index (χ1n) is 10.4. The summed E-state index contributed by atoms with van der Waals surface area (Å²) < 4.78 is 32.0. The number of nitrogens with one attached hydrogen (secondary N) is 1. The minimum atomic E-state index is -2.49. The Morgan fingerprint density at radius 1 is 1.15 bits per heavy atom. The predicted molar refractivity (Wildman–Crippen MR) is 129 cm³/mol. The van der Waals surface area contributed by atoms with Crippen molar-refractivity contribution < 1.29 is 18.3 Å². The Bertz CT molecular complexity index is 1140. The van der Waals surface area contributed by atoms with Crippen molar-refractivity contribution in [3.63, 3.8) is 0 Å². The van der Waals surface area contributed by atoms with Crippen molar-refractivity contribution in [2.75, 3.05) is 17.7 Å². The molecule has 0 radical (unpaired) electrons. The van der Waals surface area contributed by atoms with Crippen molar-refractivity contribution in [3.8, 4) is 0 Å². The SMILES string of the molecule is CC(C)OCCCn1c(SCC(=O)Nc2ccc(SC(F)F)cc2)nc2ccccc2c1=O. The minimum absolute atomic E-state index is 0.0425. The van der Waals surface area contributed by atoms with Gasteiger partial charge in [0.25, 0.3) is 11.3 Å². The number of carbonyl (C=O) groups is 1. The van der Waals surface area contributed by atoms with Crippen molar-refractivity contribution >= 4 is 46.0 Å². The third-order valence-corrected chi connectivity index (χ3v) is 6.20. The van der Waals surface area contributed by atoms with Crippen LogP contribution in [0, 0.1) is 0 Å². The van der Waals surface area contributed by atoms with E-state index in [0.717, 1.165) is 0 Å². The molecule has 1 heterocycles. The molecule has 0 unspecified atom stereocenters. The molecule has 3 aromatic rings. The van der Waals surface area contributed by atoms with Crippen LogP contribution in [0.15, 0.2) is 63.4 Å². The fourth-order valence-electron chi connectivity index (χ4n) is 3.04. The number of anilines is 1. The van der Waals surface area contributed by atoms with Crippen LogP contribution in [0.5, 0.6) is 0 Å². The number of hydrogen-bond donors (Lipinski definition) is 1. The third kappa shape index (κ3) is 7.55. The van der Waals surface area contributed by atoms with E-state index >= 15 is 0 Å². The summed E-state index contributed by atoms with van der Waals surface area (Å²) in [5, 5.41) is 3.72. The molecule has 0 saturated carbocycles. The lowest BCUT2D eigenvalue weighted by Crippen LogP contribution is -2.25. The van der Waals surface area contributed by atoms with Crippen LogP contribution in [0.3, 0.4) is 0 Å². The van der Waals surface area contributed by atoms with Crippen LogP contribution in [-0.4, -0.2) is 39.7 Å². The van der Waals surface area contributed by atoms with E-state index in [4.69, 9.17) is 4.74 Å². The first-order valence-corrected chi connectivity index (χ1v) is 12.3. The first-order chi connectivity index (χ1) is 15.8. The summed E-state index contributed by atoms with van der Waals surface area (Å²) in [6.07, 6.45) is 0.748. The zero-order valence-electron chi connectivity index (χ0n) is 18.3. The van der Waals surface area contributed by atoms with Gasteiger partial charge in [-0.25, -0.2) is 4.98 Å². The standard InChI is InChI=1S/C23H25F2N3O3S2/c1-15(2)31-13-5-12-28-21(30)18-6-3-4-7-19(18)27-23(28)32-14-20(29)26-16-8-10-17(11-9-16)33-22(24)25/h3-4,6-11,15,22H,5,12-14H2,1-2H3,(H,26,29). The number of hydrogen-bond acceptors (Lipinski definition) is 6. The molecule has 1 aromatic heterocycles. The highest BCUT2D eigenvalue weighted by Gasteiger charge is 2.14. The fraction of sp³-hybridized carbons (Fsp3) is 0.348. The van der Waals surface area contributed by atoms with Gasteiger partial charge in [-0.2, -0.15) is 8.78 Å². The molecule has 0 aliphatic heterocycles. The summed E-state index contributed by atoms with van der Waals surface area (Å²) >= 11 is 1.62. The van der Waals surface area contributed by atoms with E-state index in [1.165, 1.54) is 23.9 Å². The second-order valence-corrected chi connectivity index (χ2v) is 9.39. The Kier molecular flexibility index (Phi) is 9.28. The van der Waals surface area contributed by atoms with Gasteiger partial charge >= 0.3 is 0 Å². The van der Waals surface area contributed by atoms with E-state index in [1.807, 2.05) is 19.9 Å². The second kappa shape index (κ2) is 12.2. The maximum atomic E-state index is 13.0. The number of aromatic nitrogens is 2. The van der Waals surface area contributed by atoms with Gasteiger partial charge in [0.15, 0.2) is 5.16 Å². The molecule has 0 saturated heterocycles. The van der Waals surface area contributed by atoms with Crippen molar-refractivity contribution in [2.45, 2.75) is 48.7 Å². The lowest BCUT2D eigenvalue weighted by Gasteiger charge is -2.14. The van der Waals surface area contributed by atoms with E-state index in [9.17, 15) is 18.4 Å². The van der Waals surface area contributed by atoms with Crippen molar-refractivity contribution in [1.82, 2.24) is 9.55 Å². The van der Waals surface area contributed by atoms with Crippen LogP contribution < -0.4 is 10.9 Å². The molecule has 0 spiro atoms. The van der Waals surface area contributed by atoms with Crippen LogP contribution in [0.1, 0.15) is 20.3 Å². The van der Waals surface area contributed by atoms with Crippen molar-refractivity contribution in [2.24, 2.45) is 0 Å². The second-order valence-electron chi connectivity index (χ2n) is 7.38. The normalized spacial score (nSPS) is 11.5. The Hall–Kier alpha value is -2.43. The molecule has 0 fully saturated rings. The molecule has 1 N–H and O–H groups in total. The number of benzene rings is 2. The van der Waals surface area contributed by atoms with Crippen molar-refractivity contribution in [3.05, 3.63) is 58.9 Å². The molecule has 10 heteroatoms. The molecule has 2 aromatic carbocycles.